The standard InChI is InChI=1S/C16H26N2O2Si/c1-4-21(5-2,6-3)12-8-9-13-16(20)18-11-7-10-14(18)15(19)17-13/h13-14H,4-7,9-11H2,1-3H3,(H,17,19)/t13-,14-/m0/s1. The third kappa shape index (κ3) is 3.15. The summed E-state index contributed by atoms with van der Waals surface area (Å²) in [5.41, 5.74) is 3.49. The van der Waals surface area contributed by atoms with Gasteiger partial charge in [-0.05, 0) is 31.0 Å². The Morgan fingerprint density at radius 3 is 2.52 bits per heavy atom. The van der Waals surface area contributed by atoms with Crippen LogP contribution in [0.25, 0.3) is 0 Å². The van der Waals surface area contributed by atoms with Crippen LogP contribution in [0.5, 0.6) is 0 Å². The van der Waals surface area contributed by atoms with Gasteiger partial charge >= 0.3 is 0 Å². The first-order chi connectivity index (χ1) is 10.1. The van der Waals surface area contributed by atoms with Crippen molar-refractivity contribution in [1.82, 2.24) is 10.2 Å². The highest BCUT2D eigenvalue weighted by atomic mass is 28.3. The molecule has 0 aromatic heterocycles. The van der Waals surface area contributed by atoms with Gasteiger partial charge in [0.25, 0.3) is 0 Å². The Hall–Kier alpha value is -1.28. The first-order valence-corrected chi connectivity index (χ1v) is 10.8. The predicted molar refractivity (Wildman–Crippen MR) is 86.3 cm³/mol. The molecule has 0 aromatic carbocycles. The number of nitrogens with one attached hydrogen (secondary N) is 1. The lowest BCUT2D eigenvalue weighted by Crippen LogP contribution is -2.60. The van der Waals surface area contributed by atoms with E-state index in [0.29, 0.717) is 6.42 Å². The van der Waals surface area contributed by atoms with E-state index in [-0.39, 0.29) is 17.9 Å². The summed E-state index contributed by atoms with van der Waals surface area (Å²) in [6.45, 7) is 7.38. The summed E-state index contributed by atoms with van der Waals surface area (Å²) < 4.78 is 0. The molecular formula is C16H26N2O2Si. The zero-order valence-corrected chi connectivity index (χ0v) is 14.4. The van der Waals surface area contributed by atoms with E-state index in [1.807, 2.05) is 0 Å². The van der Waals surface area contributed by atoms with Gasteiger partial charge in [-0.25, -0.2) is 0 Å². The van der Waals surface area contributed by atoms with Crippen molar-refractivity contribution in [3.63, 3.8) is 0 Å². The van der Waals surface area contributed by atoms with Crippen molar-refractivity contribution in [1.29, 1.82) is 0 Å². The van der Waals surface area contributed by atoms with Gasteiger partial charge in [0, 0.05) is 13.0 Å². The maximum atomic E-state index is 12.4. The SMILES string of the molecule is CC[Si](C#CC[C@@H]1NC(=O)[C@@H]2CCCN2C1=O)(CC)CC. The lowest BCUT2D eigenvalue weighted by molar-refractivity contribution is -0.146. The van der Waals surface area contributed by atoms with E-state index < -0.39 is 14.1 Å². The fraction of sp³-hybridized carbons (Fsp3) is 0.750. The summed E-state index contributed by atoms with van der Waals surface area (Å²) in [5, 5.41) is 2.86. The molecule has 2 heterocycles. The van der Waals surface area contributed by atoms with Gasteiger partial charge in [0.05, 0.1) is 0 Å². The van der Waals surface area contributed by atoms with Crippen molar-refractivity contribution >= 4 is 19.9 Å². The third-order valence-corrected chi connectivity index (χ3v) is 9.91. The highest BCUT2D eigenvalue weighted by Crippen LogP contribution is 2.23. The number of nitrogens with zero attached hydrogens (tertiary/aromatic N) is 1. The van der Waals surface area contributed by atoms with Gasteiger partial charge in [0.1, 0.15) is 20.2 Å². The van der Waals surface area contributed by atoms with Crippen molar-refractivity contribution in [2.45, 2.75) is 70.2 Å². The van der Waals surface area contributed by atoms with E-state index in [2.05, 4.69) is 37.6 Å². The zero-order chi connectivity index (χ0) is 15.5. The van der Waals surface area contributed by atoms with Crippen LogP contribution < -0.4 is 5.32 Å². The third-order valence-electron chi connectivity index (χ3n) is 5.14. The van der Waals surface area contributed by atoms with Gasteiger partial charge in [0.2, 0.25) is 11.8 Å². The summed E-state index contributed by atoms with van der Waals surface area (Å²) in [4.78, 5) is 26.1. The monoisotopic (exact) mass is 306 g/mol. The van der Waals surface area contributed by atoms with Crippen molar-refractivity contribution in [2.75, 3.05) is 6.54 Å². The molecule has 2 atom stereocenters. The maximum Gasteiger partial charge on any atom is 0.246 e. The number of carbonyl (C=O) groups excluding carboxylic acids is 2. The van der Waals surface area contributed by atoms with E-state index in [9.17, 15) is 9.59 Å². The molecule has 4 nitrogen and oxygen atoms in total. The van der Waals surface area contributed by atoms with Gasteiger partial charge in [-0.3, -0.25) is 9.59 Å². The van der Waals surface area contributed by atoms with Crippen LogP contribution in [0.1, 0.15) is 40.0 Å². The number of piperazine rings is 1. The highest BCUT2D eigenvalue weighted by Gasteiger charge is 2.42. The van der Waals surface area contributed by atoms with Gasteiger partial charge in [0.15, 0.2) is 0 Å². The van der Waals surface area contributed by atoms with Gasteiger partial charge in [-0.15, -0.1) is 11.5 Å². The number of amides is 2. The van der Waals surface area contributed by atoms with Crippen LogP contribution in [0.4, 0.5) is 0 Å². The molecular weight excluding hydrogens is 280 g/mol. The van der Waals surface area contributed by atoms with Gasteiger partial charge < -0.3 is 10.2 Å². The van der Waals surface area contributed by atoms with E-state index >= 15 is 0 Å². The van der Waals surface area contributed by atoms with Crippen LogP contribution >= 0.6 is 0 Å². The summed E-state index contributed by atoms with van der Waals surface area (Å²) in [5.74, 6) is 3.29. The molecule has 2 saturated heterocycles. The van der Waals surface area contributed by atoms with E-state index in [1.165, 1.54) is 0 Å². The molecule has 2 fully saturated rings. The average Bonchev–Trinajstić information content (AvgIpc) is 2.99. The van der Waals surface area contributed by atoms with Crippen LogP contribution in [0.3, 0.4) is 0 Å². The Morgan fingerprint density at radius 1 is 1.24 bits per heavy atom. The van der Waals surface area contributed by atoms with E-state index in [0.717, 1.165) is 37.5 Å². The molecule has 2 rings (SSSR count). The van der Waals surface area contributed by atoms with E-state index in [4.69, 9.17) is 0 Å². The molecule has 0 radical (unpaired) electrons. The zero-order valence-electron chi connectivity index (χ0n) is 13.4. The molecule has 21 heavy (non-hydrogen) atoms. The van der Waals surface area contributed by atoms with Gasteiger partial charge in [-0.2, -0.15) is 0 Å². The van der Waals surface area contributed by atoms with Crippen molar-refractivity contribution in [3.8, 4) is 11.5 Å². The van der Waals surface area contributed by atoms with Gasteiger partial charge in [-0.1, -0.05) is 20.8 Å². The molecule has 0 aliphatic carbocycles. The number of rotatable bonds is 4. The van der Waals surface area contributed by atoms with Crippen LogP contribution in [0.2, 0.25) is 18.1 Å². The lowest BCUT2D eigenvalue weighted by Gasteiger charge is -2.33. The molecule has 2 amide bonds. The Kier molecular flexibility index (Phi) is 5.10. The minimum atomic E-state index is -1.47. The Morgan fingerprint density at radius 2 is 1.90 bits per heavy atom. The first kappa shape index (κ1) is 16.1. The summed E-state index contributed by atoms with van der Waals surface area (Å²) in [6.07, 6.45) is 2.19. The molecule has 5 heteroatoms. The molecule has 0 unspecified atom stereocenters. The molecule has 0 spiro atoms. The summed E-state index contributed by atoms with van der Waals surface area (Å²) in [6, 6.07) is 2.82. The molecule has 2 aliphatic rings. The molecule has 1 N–H and O–H groups in total. The Balaban J connectivity index is 2.04. The number of carbonyl (C=O) groups is 2. The second-order valence-electron chi connectivity index (χ2n) is 6.10. The first-order valence-electron chi connectivity index (χ1n) is 8.17. The maximum absolute atomic E-state index is 12.4. The number of hydrogen-bond donors (Lipinski definition) is 1. The number of hydrogen-bond acceptors (Lipinski definition) is 2. The van der Waals surface area contributed by atoms with Crippen LogP contribution in [0.15, 0.2) is 0 Å². The van der Waals surface area contributed by atoms with Crippen molar-refractivity contribution < 1.29 is 9.59 Å². The fourth-order valence-corrected chi connectivity index (χ4v) is 5.83. The molecule has 0 saturated carbocycles. The fourth-order valence-electron chi connectivity index (χ4n) is 3.33. The largest absolute Gasteiger partial charge is 0.342 e. The van der Waals surface area contributed by atoms with Crippen molar-refractivity contribution in [2.24, 2.45) is 0 Å². The minimum absolute atomic E-state index is 0.00360. The highest BCUT2D eigenvalue weighted by molar-refractivity contribution is 6.87. The van der Waals surface area contributed by atoms with Crippen LogP contribution in [-0.4, -0.2) is 43.4 Å². The second kappa shape index (κ2) is 6.65. The molecule has 0 aromatic rings. The molecule has 116 valence electrons. The smallest absolute Gasteiger partial charge is 0.246 e. The normalized spacial score (nSPS) is 25.2. The lowest BCUT2D eigenvalue weighted by atomic mass is 10.1. The molecule has 0 bridgehead atoms. The summed E-state index contributed by atoms with van der Waals surface area (Å²) in [7, 11) is -1.47. The minimum Gasteiger partial charge on any atom is -0.342 e. The second-order valence-corrected chi connectivity index (χ2v) is 11.0. The van der Waals surface area contributed by atoms with Crippen LogP contribution in [-0.2, 0) is 9.59 Å². The summed E-state index contributed by atoms with van der Waals surface area (Å²) >= 11 is 0. The quantitative estimate of drug-likeness (QED) is 0.637. The Bertz CT molecular complexity index is 468. The van der Waals surface area contributed by atoms with Crippen molar-refractivity contribution in [3.05, 3.63) is 0 Å². The average molecular weight is 306 g/mol. The Labute approximate surface area is 128 Å². The molecule has 2 aliphatic heterocycles. The number of fused-ring (bicyclic) bond motifs is 1. The van der Waals surface area contributed by atoms with E-state index in [1.54, 1.807) is 4.90 Å². The topological polar surface area (TPSA) is 49.4 Å². The predicted octanol–water partition coefficient (Wildman–Crippen LogP) is 1.92. The van der Waals surface area contributed by atoms with Crippen LogP contribution in [0, 0.1) is 11.5 Å².